The molecule has 4 aromatic rings. The van der Waals surface area contributed by atoms with Gasteiger partial charge in [-0.15, -0.1) is 0 Å². The zero-order valence-electron chi connectivity index (χ0n) is 25.9. The highest BCUT2D eigenvalue weighted by Crippen LogP contribution is 2.34. The molecule has 1 saturated carbocycles. The van der Waals surface area contributed by atoms with Crippen LogP contribution in [0.4, 0.5) is 0 Å². The number of hydrogen-bond acceptors (Lipinski definition) is 4. The van der Waals surface area contributed by atoms with E-state index in [1.54, 1.807) is 7.11 Å². The Bertz CT molecular complexity index is 1410. The van der Waals surface area contributed by atoms with Gasteiger partial charge in [0.2, 0.25) is 0 Å². The van der Waals surface area contributed by atoms with Crippen LogP contribution in [-0.2, 0) is 19.6 Å². The zero-order chi connectivity index (χ0) is 29.5. The molecule has 0 spiro atoms. The number of phenols is 1. The third-order valence-electron chi connectivity index (χ3n) is 8.77. The minimum Gasteiger partial charge on any atom is -0.507 e. The van der Waals surface area contributed by atoms with Crippen molar-refractivity contribution >= 4 is 0 Å². The third-order valence-corrected chi connectivity index (χ3v) is 8.77. The molecular formula is C37H47N3O2. The average molecular weight is 566 g/mol. The van der Waals surface area contributed by atoms with E-state index in [-0.39, 0.29) is 0 Å². The number of aromatic hydroxyl groups is 1. The fourth-order valence-corrected chi connectivity index (χ4v) is 6.52. The van der Waals surface area contributed by atoms with E-state index in [0.29, 0.717) is 11.7 Å². The number of rotatable bonds is 12. The van der Waals surface area contributed by atoms with Crippen molar-refractivity contribution in [2.45, 2.75) is 85.4 Å². The number of benzene rings is 3. The highest BCUT2D eigenvalue weighted by atomic mass is 16.5. The van der Waals surface area contributed by atoms with Crippen LogP contribution < -0.4 is 4.74 Å². The lowest BCUT2D eigenvalue weighted by molar-refractivity contribution is 0.183. The van der Waals surface area contributed by atoms with Crippen LogP contribution in [0.1, 0.15) is 74.3 Å². The van der Waals surface area contributed by atoms with Crippen molar-refractivity contribution in [3.8, 4) is 34.1 Å². The van der Waals surface area contributed by atoms with Crippen LogP contribution in [0.25, 0.3) is 22.6 Å². The summed E-state index contributed by atoms with van der Waals surface area (Å²) in [6, 6.07) is 23.3. The number of hydrogen-bond donors (Lipinski definition) is 1. The summed E-state index contributed by atoms with van der Waals surface area (Å²) < 4.78 is 7.96. The van der Waals surface area contributed by atoms with E-state index in [9.17, 15) is 5.11 Å². The van der Waals surface area contributed by atoms with E-state index in [2.05, 4.69) is 71.0 Å². The third kappa shape index (κ3) is 7.07. The van der Waals surface area contributed by atoms with Crippen LogP contribution in [0.5, 0.6) is 11.5 Å². The van der Waals surface area contributed by atoms with Gasteiger partial charge in [-0.1, -0.05) is 75.1 Å². The van der Waals surface area contributed by atoms with Gasteiger partial charge in [-0.2, -0.15) is 0 Å². The first-order valence-electron chi connectivity index (χ1n) is 15.8. The van der Waals surface area contributed by atoms with Crippen molar-refractivity contribution in [1.82, 2.24) is 14.5 Å². The Balaban J connectivity index is 1.60. The first kappa shape index (κ1) is 29.9. The second kappa shape index (κ2) is 14.1. The zero-order valence-corrected chi connectivity index (χ0v) is 25.9. The van der Waals surface area contributed by atoms with Crippen molar-refractivity contribution in [2.75, 3.05) is 13.7 Å². The monoisotopic (exact) mass is 565 g/mol. The topological polar surface area (TPSA) is 50.5 Å². The molecule has 1 N–H and O–H groups in total. The van der Waals surface area contributed by atoms with Crippen molar-refractivity contribution < 1.29 is 9.84 Å². The summed E-state index contributed by atoms with van der Waals surface area (Å²) in [4.78, 5) is 8.01. The van der Waals surface area contributed by atoms with Gasteiger partial charge in [0.1, 0.15) is 17.3 Å². The molecule has 1 aromatic heterocycles. The Kier molecular flexibility index (Phi) is 10.0. The molecule has 42 heavy (non-hydrogen) atoms. The fraction of sp³-hybridized carbons (Fsp3) is 0.432. The molecule has 0 amide bonds. The molecule has 1 aliphatic carbocycles. The van der Waals surface area contributed by atoms with E-state index in [1.165, 1.54) is 43.4 Å². The molecule has 0 unspecified atom stereocenters. The van der Waals surface area contributed by atoms with E-state index >= 15 is 0 Å². The number of ether oxygens (including phenoxy) is 1. The van der Waals surface area contributed by atoms with Gasteiger partial charge in [0.05, 0.1) is 18.5 Å². The van der Waals surface area contributed by atoms with Crippen molar-refractivity contribution in [3.63, 3.8) is 0 Å². The molecule has 0 saturated heterocycles. The first-order chi connectivity index (χ1) is 20.5. The number of unbranched alkanes of at least 4 members (excludes halogenated alkanes) is 1. The second-order valence-corrected chi connectivity index (χ2v) is 12.1. The van der Waals surface area contributed by atoms with Crippen LogP contribution >= 0.6 is 0 Å². The molecule has 222 valence electrons. The first-order valence-corrected chi connectivity index (χ1v) is 15.8. The number of methoxy groups -OCH3 is 1. The largest absolute Gasteiger partial charge is 0.507 e. The summed E-state index contributed by atoms with van der Waals surface area (Å²) in [7, 11) is 1.71. The summed E-state index contributed by atoms with van der Waals surface area (Å²) in [5.74, 6) is 3.01. The maximum absolute atomic E-state index is 10.5. The Hall–Kier alpha value is -3.57. The summed E-state index contributed by atoms with van der Waals surface area (Å²) in [5, 5.41) is 10.5. The van der Waals surface area contributed by atoms with Gasteiger partial charge in [0.25, 0.3) is 0 Å². The van der Waals surface area contributed by atoms with E-state index < -0.39 is 0 Å². The second-order valence-electron chi connectivity index (χ2n) is 12.1. The maximum Gasteiger partial charge on any atom is 0.140 e. The van der Waals surface area contributed by atoms with E-state index in [4.69, 9.17) is 9.72 Å². The number of aromatic nitrogens is 2. The van der Waals surface area contributed by atoms with Crippen molar-refractivity contribution in [3.05, 3.63) is 89.1 Å². The molecule has 1 aliphatic rings. The summed E-state index contributed by atoms with van der Waals surface area (Å²) >= 11 is 0. The van der Waals surface area contributed by atoms with Crippen LogP contribution in [-0.4, -0.2) is 33.2 Å². The number of phenolic OH excluding ortho intramolecular Hbond substituents is 1. The molecule has 5 heteroatoms. The van der Waals surface area contributed by atoms with Gasteiger partial charge >= 0.3 is 0 Å². The van der Waals surface area contributed by atoms with Crippen molar-refractivity contribution in [2.24, 2.45) is 5.92 Å². The minimum atomic E-state index is 0.407. The Morgan fingerprint density at radius 1 is 0.905 bits per heavy atom. The fourth-order valence-electron chi connectivity index (χ4n) is 6.52. The van der Waals surface area contributed by atoms with Crippen LogP contribution in [0.3, 0.4) is 0 Å². The van der Waals surface area contributed by atoms with Gasteiger partial charge in [-0.25, -0.2) is 4.98 Å². The summed E-state index contributed by atoms with van der Waals surface area (Å²) in [6.07, 6.45) is 8.86. The van der Waals surface area contributed by atoms with Crippen molar-refractivity contribution in [1.29, 1.82) is 0 Å². The lowest BCUT2D eigenvalue weighted by Gasteiger charge is -2.31. The molecule has 0 aliphatic heterocycles. The molecule has 0 bridgehead atoms. The molecule has 1 fully saturated rings. The van der Waals surface area contributed by atoms with E-state index in [0.717, 1.165) is 78.5 Å². The van der Waals surface area contributed by atoms with Gasteiger partial charge in [0, 0.05) is 37.3 Å². The Labute approximate surface area is 252 Å². The van der Waals surface area contributed by atoms with Gasteiger partial charge in [-0.05, 0) is 80.0 Å². The Morgan fingerprint density at radius 2 is 1.60 bits per heavy atom. The Morgan fingerprint density at radius 3 is 2.24 bits per heavy atom. The van der Waals surface area contributed by atoms with Crippen LogP contribution in [0, 0.1) is 19.8 Å². The standard InChI is InChI=1S/C37H47N3O2/c1-5-6-21-40-34(35(31-17-19-33(42-4)20-18-31)38-37(40)32-15-11-8-12-16-32)26-39(24-29-13-9-7-10-14-29)25-30-22-27(2)36(41)28(3)23-30/h8,11-12,15-20,22-23,29,41H,5-7,9-10,13-14,21,24-26H2,1-4H3. The molecule has 0 radical (unpaired) electrons. The number of nitrogens with zero attached hydrogens (tertiary/aromatic N) is 3. The van der Waals surface area contributed by atoms with Gasteiger partial charge < -0.3 is 14.4 Å². The van der Waals surface area contributed by atoms with Crippen LogP contribution in [0.15, 0.2) is 66.7 Å². The summed E-state index contributed by atoms with van der Waals surface area (Å²) in [5.41, 5.74) is 7.74. The lowest BCUT2D eigenvalue weighted by Crippen LogP contribution is -2.31. The molecular weight excluding hydrogens is 518 g/mol. The van der Waals surface area contributed by atoms with Gasteiger partial charge in [-0.3, -0.25) is 4.90 Å². The smallest absolute Gasteiger partial charge is 0.140 e. The normalized spacial score (nSPS) is 14.0. The molecule has 3 aromatic carbocycles. The molecule has 5 rings (SSSR count). The predicted molar refractivity (Wildman–Crippen MR) is 173 cm³/mol. The lowest BCUT2D eigenvalue weighted by atomic mass is 9.88. The maximum atomic E-state index is 10.5. The predicted octanol–water partition coefficient (Wildman–Crippen LogP) is 8.93. The minimum absolute atomic E-state index is 0.407. The number of imidazole rings is 1. The van der Waals surface area contributed by atoms with Gasteiger partial charge in [0.15, 0.2) is 0 Å². The molecule has 1 heterocycles. The van der Waals surface area contributed by atoms with E-state index in [1.807, 2.05) is 26.0 Å². The number of aryl methyl sites for hydroxylation is 2. The van der Waals surface area contributed by atoms with Crippen LogP contribution in [0.2, 0.25) is 0 Å². The highest BCUT2D eigenvalue weighted by molar-refractivity contribution is 5.69. The highest BCUT2D eigenvalue weighted by Gasteiger charge is 2.24. The molecule has 5 nitrogen and oxygen atoms in total. The quantitative estimate of drug-likeness (QED) is 0.186. The average Bonchev–Trinajstić information content (AvgIpc) is 3.37. The molecule has 0 atom stereocenters. The summed E-state index contributed by atoms with van der Waals surface area (Å²) in [6.45, 7) is 9.94. The SMILES string of the molecule is CCCCn1c(-c2ccccc2)nc(-c2ccc(OC)cc2)c1CN(Cc1cc(C)c(O)c(C)c1)CC1CCCCC1.